The van der Waals surface area contributed by atoms with Crippen molar-refractivity contribution in [3.63, 3.8) is 0 Å². The number of rotatable bonds is 5. The fourth-order valence-electron chi connectivity index (χ4n) is 4.60. The molecular formula is C27H32O3S3. The number of esters is 1. The SMILES string of the molecule is CCC(=O)OC1(c2cccs2)SC(c2cccs2)CCC1c1cc(C)c(O)c(C(C)(C)C)c1. The first-order chi connectivity index (χ1) is 15.7. The summed E-state index contributed by atoms with van der Waals surface area (Å²) < 4.78 is 6.44. The van der Waals surface area contributed by atoms with Crippen LogP contribution in [0, 0.1) is 6.92 Å². The molecule has 1 aromatic carbocycles. The van der Waals surface area contributed by atoms with E-state index in [0.29, 0.717) is 12.2 Å². The van der Waals surface area contributed by atoms with Crippen LogP contribution in [0.5, 0.6) is 5.75 Å². The number of ether oxygens (including phenoxy) is 1. The van der Waals surface area contributed by atoms with E-state index in [9.17, 15) is 9.90 Å². The molecule has 33 heavy (non-hydrogen) atoms. The molecule has 1 N–H and O–H groups in total. The van der Waals surface area contributed by atoms with Gasteiger partial charge in [0.05, 0.1) is 4.88 Å². The molecule has 3 heterocycles. The fraction of sp³-hybridized carbons (Fsp3) is 0.444. The highest BCUT2D eigenvalue weighted by Gasteiger charge is 2.51. The first kappa shape index (κ1) is 24.4. The summed E-state index contributed by atoms with van der Waals surface area (Å²) in [6, 6.07) is 12.6. The first-order valence-corrected chi connectivity index (χ1v) is 14.1. The Hall–Kier alpha value is -1.76. The minimum atomic E-state index is -0.799. The molecule has 0 radical (unpaired) electrons. The van der Waals surface area contributed by atoms with E-state index in [4.69, 9.17) is 4.74 Å². The Morgan fingerprint density at radius 3 is 2.48 bits per heavy atom. The summed E-state index contributed by atoms with van der Waals surface area (Å²) in [5.41, 5.74) is 2.73. The zero-order chi connectivity index (χ0) is 23.8. The monoisotopic (exact) mass is 500 g/mol. The third kappa shape index (κ3) is 4.75. The zero-order valence-corrected chi connectivity index (χ0v) is 22.3. The van der Waals surface area contributed by atoms with Crippen LogP contribution in [0.4, 0.5) is 0 Å². The molecule has 1 saturated heterocycles. The summed E-state index contributed by atoms with van der Waals surface area (Å²) in [5.74, 6) is 0.172. The van der Waals surface area contributed by atoms with Gasteiger partial charge in [0.25, 0.3) is 0 Å². The van der Waals surface area contributed by atoms with Crippen molar-refractivity contribution < 1.29 is 14.6 Å². The molecule has 0 saturated carbocycles. The van der Waals surface area contributed by atoms with Crippen LogP contribution in [0.15, 0.2) is 47.2 Å². The summed E-state index contributed by atoms with van der Waals surface area (Å²) in [4.78, 5) is 14.4. The molecule has 2 aromatic heterocycles. The van der Waals surface area contributed by atoms with E-state index in [0.717, 1.165) is 34.4 Å². The third-order valence-electron chi connectivity index (χ3n) is 6.31. The molecule has 3 nitrogen and oxygen atoms in total. The van der Waals surface area contributed by atoms with E-state index in [1.807, 2.05) is 19.9 Å². The molecular weight excluding hydrogens is 468 g/mol. The van der Waals surface area contributed by atoms with Gasteiger partial charge in [-0.2, -0.15) is 0 Å². The third-order valence-corrected chi connectivity index (χ3v) is 10.3. The number of hydrogen-bond donors (Lipinski definition) is 1. The number of hydrogen-bond acceptors (Lipinski definition) is 6. The summed E-state index contributed by atoms with van der Waals surface area (Å²) >= 11 is 5.20. The molecule has 0 bridgehead atoms. The molecule has 6 heteroatoms. The lowest BCUT2D eigenvalue weighted by Gasteiger charge is -2.45. The molecule has 4 rings (SSSR count). The van der Waals surface area contributed by atoms with Crippen molar-refractivity contribution in [2.45, 2.75) is 75.4 Å². The Labute approximate surface area is 209 Å². The van der Waals surface area contributed by atoms with Gasteiger partial charge in [-0.1, -0.05) is 63.7 Å². The largest absolute Gasteiger partial charge is 0.507 e. The lowest BCUT2D eigenvalue weighted by molar-refractivity contribution is -0.153. The Bertz CT molecular complexity index is 1100. The van der Waals surface area contributed by atoms with Crippen LogP contribution >= 0.6 is 34.4 Å². The van der Waals surface area contributed by atoms with Crippen molar-refractivity contribution in [2.24, 2.45) is 0 Å². The van der Waals surface area contributed by atoms with Crippen LogP contribution < -0.4 is 0 Å². The standard InChI is InChI=1S/C27H32O3S3/c1-6-24(28)30-27(23-10-8-14-32-23)19(11-12-22(33-27)21-9-7-13-31-21)18-15-17(2)25(29)20(16-18)26(3,4)5/h7-10,13-16,19,22,29H,6,11-12H2,1-5H3. The zero-order valence-electron chi connectivity index (χ0n) is 19.9. The molecule has 3 aromatic rings. The summed E-state index contributed by atoms with van der Waals surface area (Å²) in [6.07, 6.45) is 2.25. The number of thioether (sulfide) groups is 1. The molecule has 0 amide bonds. The molecule has 3 unspecified atom stereocenters. The van der Waals surface area contributed by atoms with Crippen LogP contribution in [0.2, 0.25) is 0 Å². The number of carbonyl (C=O) groups is 1. The predicted octanol–water partition coefficient (Wildman–Crippen LogP) is 8.28. The molecule has 0 spiro atoms. The highest BCUT2D eigenvalue weighted by atomic mass is 32.2. The fourth-order valence-corrected chi connectivity index (χ4v) is 8.36. The molecule has 1 aliphatic heterocycles. The Morgan fingerprint density at radius 2 is 1.88 bits per heavy atom. The highest BCUT2D eigenvalue weighted by molar-refractivity contribution is 8.00. The second kappa shape index (κ2) is 9.47. The minimum absolute atomic E-state index is 0.00624. The number of aromatic hydroxyl groups is 1. The van der Waals surface area contributed by atoms with Gasteiger partial charge in [-0.15, -0.1) is 22.7 Å². The van der Waals surface area contributed by atoms with Crippen molar-refractivity contribution in [2.75, 3.05) is 0 Å². The van der Waals surface area contributed by atoms with Crippen molar-refractivity contribution >= 4 is 40.4 Å². The van der Waals surface area contributed by atoms with Crippen LogP contribution in [-0.4, -0.2) is 11.1 Å². The van der Waals surface area contributed by atoms with E-state index < -0.39 is 4.93 Å². The normalized spacial score (nSPS) is 23.4. The maximum atomic E-state index is 12.8. The summed E-state index contributed by atoms with van der Waals surface area (Å²) in [7, 11) is 0. The topological polar surface area (TPSA) is 46.5 Å². The Balaban J connectivity index is 1.89. The van der Waals surface area contributed by atoms with E-state index in [1.54, 1.807) is 34.4 Å². The number of carbonyl (C=O) groups excluding carboxylic acids is 1. The van der Waals surface area contributed by atoms with Crippen molar-refractivity contribution in [1.29, 1.82) is 0 Å². The van der Waals surface area contributed by atoms with Crippen LogP contribution in [0.1, 0.15) is 84.6 Å². The minimum Gasteiger partial charge on any atom is -0.507 e. The van der Waals surface area contributed by atoms with E-state index in [2.05, 4.69) is 61.9 Å². The van der Waals surface area contributed by atoms with Gasteiger partial charge in [-0.05, 0) is 64.8 Å². The quantitative estimate of drug-likeness (QED) is 0.358. The summed E-state index contributed by atoms with van der Waals surface area (Å²) in [5, 5.41) is 15.3. The van der Waals surface area contributed by atoms with Gasteiger partial charge >= 0.3 is 5.97 Å². The number of phenolic OH excluding ortho intramolecular Hbond substituents is 1. The molecule has 1 fully saturated rings. The lowest BCUT2D eigenvalue weighted by Crippen LogP contribution is -2.38. The van der Waals surface area contributed by atoms with Gasteiger partial charge in [0.15, 0.2) is 4.93 Å². The van der Waals surface area contributed by atoms with Crippen molar-refractivity contribution in [1.82, 2.24) is 0 Å². The molecule has 0 aliphatic carbocycles. The van der Waals surface area contributed by atoms with E-state index in [-0.39, 0.29) is 22.6 Å². The Kier molecular flexibility index (Phi) is 7.00. The van der Waals surface area contributed by atoms with Gasteiger partial charge in [0.2, 0.25) is 0 Å². The van der Waals surface area contributed by atoms with Gasteiger partial charge in [0.1, 0.15) is 5.75 Å². The maximum Gasteiger partial charge on any atom is 0.307 e. The average molecular weight is 501 g/mol. The molecule has 1 aliphatic rings. The number of aryl methyl sites for hydroxylation is 1. The van der Waals surface area contributed by atoms with Crippen molar-refractivity contribution in [3.8, 4) is 5.75 Å². The molecule has 176 valence electrons. The smallest absolute Gasteiger partial charge is 0.307 e. The number of benzene rings is 1. The number of thiophene rings is 2. The van der Waals surface area contributed by atoms with Gasteiger partial charge in [-0.3, -0.25) is 4.79 Å². The van der Waals surface area contributed by atoms with E-state index in [1.165, 1.54) is 4.88 Å². The van der Waals surface area contributed by atoms with Crippen LogP contribution in [0.25, 0.3) is 0 Å². The maximum absolute atomic E-state index is 12.8. The molecule has 3 atom stereocenters. The second-order valence-electron chi connectivity index (χ2n) is 9.71. The highest BCUT2D eigenvalue weighted by Crippen LogP contribution is 2.62. The van der Waals surface area contributed by atoms with Gasteiger partial charge < -0.3 is 9.84 Å². The number of phenols is 1. The predicted molar refractivity (Wildman–Crippen MR) is 141 cm³/mol. The summed E-state index contributed by atoms with van der Waals surface area (Å²) in [6.45, 7) is 10.2. The Morgan fingerprint density at radius 1 is 1.15 bits per heavy atom. The lowest BCUT2D eigenvalue weighted by atomic mass is 9.79. The van der Waals surface area contributed by atoms with Gasteiger partial charge in [0, 0.05) is 22.5 Å². The van der Waals surface area contributed by atoms with Crippen LogP contribution in [-0.2, 0) is 19.9 Å². The first-order valence-electron chi connectivity index (χ1n) is 11.5. The van der Waals surface area contributed by atoms with Gasteiger partial charge in [-0.25, -0.2) is 0 Å². The average Bonchev–Trinajstić information content (AvgIpc) is 3.49. The van der Waals surface area contributed by atoms with E-state index >= 15 is 0 Å². The van der Waals surface area contributed by atoms with Crippen LogP contribution in [0.3, 0.4) is 0 Å². The second-order valence-corrected chi connectivity index (χ2v) is 13.0. The van der Waals surface area contributed by atoms with Crippen molar-refractivity contribution in [3.05, 3.63) is 73.6 Å².